The summed E-state index contributed by atoms with van der Waals surface area (Å²) in [5.74, 6) is 0.121. The summed E-state index contributed by atoms with van der Waals surface area (Å²) in [6, 6.07) is 1.87. The van der Waals surface area contributed by atoms with Crippen LogP contribution in [0, 0.1) is 5.41 Å². The van der Waals surface area contributed by atoms with Crippen molar-refractivity contribution in [3.63, 3.8) is 0 Å². The van der Waals surface area contributed by atoms with Crippen molar-refractivity contribution >= 4 is 29.5 Å². The SMILES string of the molecule is N=C(N)c1cc2c(s1)=CCOC=2. The van der Waals surface area contributed by atoms with Gasteiger partial charge in [0, 0.05) is 9.75 Å². The molecule has 3 N–H and O–H groups in total. The van der Waals surface area contributed by atoms with E-state index in [-0.39, 0.29) is 5.84 Å². The van der Waals surface area contributed by atoms with Crippen molar-refractivity contribution < 1.29 is 4.74 Å². The Balaban J connectivity index is 2.68. The smallest absolute Gasteiger partial charge is 0.133 e. The molecule has 0 bridgehead atoms. The Hall–Kier alpha value is -1.29. The maximum Gasteiger partial charge on any atom is 0.133 e. The lowest BCUT2D eigenvalue weighted by atomic mass is 10.3. The Kier molecular flexibility index (Phi) is 1.62. The maximum atomic E-state index is 7.24. The molecule has 1 aromatic rings. The predicted molar refractivity (Wildman–Crippen MR) is 49.5 cm³/mol. The Bertz CT molecular complexity index is 399. The standard InChI is InChI=1S/C8H8N2OS/c9-8(10)7-3-5-4-11-2-1-6(5)12-7/h1,3-4H,2H2,(H3,9,10). The molecule has 2 rings (SSSR count). The van der Waals surface area contributed by atoms with Crippen LogP contribution in [0.1, 0.15) is 4.88 Å². The highest BCUT2D eigenvalue weighted by atomic mass is 32.1. The van der Waals surface area contributed by atoms with E-state index in [1.54, 1.807) is 6.26 Å². The van der Waals surface area contributed by atoms with Gasteiger partial charge in [0.05, 0.1) is 11.1 Å². The average Bonchev–Trinajstić information content (AvgIpc) is 2.46. The number of hydrogen-bond donors (Lipinski definition) is 2. The Labute approximate surface area is 73.3 Å². The van der Waals surface area contributed by atoms with E-state index in [2.05, 4.69) is 0 Å². The Morgan fingerprint density at radius 1 is 1.67 bits per heavy atom. The first-order valence-electron chi connectivity index (χ1n) is 3.53. The highest BCUT2D eigenvalue weighted by Gasteiger charge is 2.02. The summed E-state index contributed by atoms with van der Waals surface area (Å²) < 4.78 is 6.25. The topological polar surface area (TPSA) is 59.1 Å². The van der Waals surface area contributed by atoms with Gasteiger partial charge in [-0.2, -0.15) is 0 Å². The van der Waals surface area contributed by atoms with Gasteiger partial charge in [-0.1, -0.05) is 0 Å². The lowest BCUT2D eigenvalue weighted by Gasteiger charge is -1.96. The van der Waals surface area contributed by atoms with Crippen molar-refractivity contribution in [2.45, 2.75) is 0 Å². The summed E-state index contributed by atoms with van der Waals surface area (Å²) in [7, 11) is 0. The fourth-order valence-electron chi connectivity index (χ4n) is 1.07. The van der Waals surface area contributed by atoms with Gasteiger partial charge in [-0.15, -0.1) is 11.3 Å². The van der Waals surface area contributed by atoms with Crippen LogP contribution in [0.2, 0.25) is 0 Å². The largest absolute Gasteiger partial charge is 0.496 e. The number of thiophene rings is 1. The number of amidine groups is 1. The molecule has 0 aromatic carbocycles. The van der Waals surface area contributed by atoms with E-state index >= 15 is 0 Å². The molecule has 0 saturated heterocycles. The molecule has 62 valence electrons. The summed E-state index contributed by atoms with van der Waals surface area (Å²) in [5.41, 5.74) is 5.35. The van der Waals surface area contributed by atoms with Crippen LogP contribution >= 0.6 is 11.3 Å². The van der Waals surface area contributed by atoms with Crippen LogP contribution in [0.4, 0.5) is 0 Å². The second-order valence-corrected chi connectivity index (χ2v) is 3.58. The van der Waals surface area contributed by atoms with Gasteiger partial charge < -0.3 is 10.5 Å². The third kappa shape index (κ3) is 1.10. The molecular formula is C8H8N2OS. The van der Waals surface area contributed by atoms with E-state index in [1.165, 1.54) is 11.3 Å². The molecule has 3 nitrogen and oxygen atoms in total. The summed E-state index contributed by atoms with van der Waals surface area (Å²) >= 11 is 1.53. The zero-order valence-electron chi connectivity index (χ0n) is 6.33. The molecule has 4 heteroatoms. The molecular weight excluding hydrogens is 172 g/mol. The van der Waals surface area contributed by atoms with Gasteiger partial charge in [0.15, 0.2) is 0 Å². The van der Waals surface area contributed by atoms with Crippen LogP contribution in [0.15, 0.2) is 6.07 Å². The van der Waals surface area contributed by atoms with Crippen LogP contribution < -0.4 is 15.5 Å². The van der Waals surface area contributed by atoms with E-state index < -0.39 is 0 Å². The van der Waals surface area contributed by atoms with Crippen molar-refractivity contribution in [2.24, 2.45) is 5.73 Å². The number of hydrogen-bond acceptors (Lipinski definition) is 3. The maximum absolute atomic E-state index is 7.24. The number of nitrogen functional groups attached to an aromatic ring is 1. The second-order valence-electron chi connectivity index (χ2n) is 2.50. The van der Waals surface area contributed by atoms with Crippen molar-refractivity contribution in [3.8, 4) is 0 Å². The van der Waals surface area contributed by atoms with Crippen LogP contribution in [0.25, 0.3) is 12.3 Å². The third-order valence-electron chi connectivity index (χ3n) is 1.63. The molecule has 12 heavy (non-hydrogen) atoms. The summed E-state index contributed by atoms with van der Waals surface area (Å²) in [5, 5.41) is 8.26. The molecule has 1 aliphatic rings. The second kappa shape index (κ2) is 2.64. The van der Waals surface area contributed by atoms with Crippen LogP contribution in [-0.2, 0) is 4.74 Å². The zero-order valence-corrected chi connectivity index (χ0v) is 7.15. The van der Waals surface area contributed by atoms with Crippen LogP contribution in [0.5, 0.6) is 0 Å². The Morgan fingerprint density at radius 2 is 2.50 bits per heavy atom. The van der Waals surface area contributed by atoms with Crippen molar-refractivity contribution in [2.75, 3.05) is 6.61 Å². The van der Waals surface area contributed by atoms with Crippen LogP contribution in [-0.4, -0.2) is 12.4 Å². The number of nitrogens with one attached hydrogen (secondary N) is 1. The van der Waals surface area contributed by atoms with E-state index in [4.69, 9.17) is 15.9 Å². The van der Waals surface area contributed by atoms with Crippen molar-refractivity contribution in [1.29, 1.82) is 5.41 Å². The number of ether oxygens (including phenoxy) is 1. The van der Waals surface area contributed by atoms with Gasteiger partial charge in [-0.05, 0) is 12.1 Å². The van der Waals surface area contributed by atoms with Gasteiger partial charge in [-0.25, -0.2) is 0 Å². The lowest BCUT2D eigenvalue weighted by molar-refractivity contribution is 0.346. The monoisotopic (exact) mass is 180 g/mol. The van der Waals surface area contributed by atoms with Gasteiger partial charge in [0.1, 0.15) is 12.4 Å². The summed E-state index contributed by atoms with van der Waals surface area (Å²) in [6.07, 6.45) is 3.70. The van der Waals surface area contributed by atoms with Gasteiger partial charge in [0.25, 0.3) is 0 Å². The fourth-order valence-corrected chi connectivity index (χ4v) is 1.97. The molecule has 0 amide bonds. The van der Waals surface area contributed by atoms with Gasteiger partial charge >= 0.3 is 0 Å². The fraction of sp³-hybridized carbons (Fsp3) is 0.125. The van der Waals surface area contributed by atoms with Gasteiger partial charge in [-0.3, -0.25) is 5.41 Å². The zero-order chi connectivity index (χ0) is 8.55. The minimum absolute atomic E-state index is 0.121. The Morgan fingerprint density at radius 3 is 3.17 bits per heavy atom. The quantitative estimate of drug-likeness (QED) is 0.455. The molecule has 0 aliphatic carbocycles. The van der Waals surface area contributed by atoms with E-state index in [9.17, 15) is 0 Å². The molecule has 0 fully saturated rings. The highest BCUT2D eigenvalue weighted by molar-refractivity contribution is 7.12. The molecule has 0 atom stereocenters. The minimum atomic E-state index is 0.121. The van der Waals surface area contributed by atoms with Crippen molar-refractivity contribution in [3.05, 3.63) is 20.7 Å². The number of rotatable bonds is 1. The first-order valence-corrected chi connectivity index (χ1v) is 4.35. The lowest BCUT2D eigenvalue weighted by Crippen LogP contribution is -2.22. The molecule has 0 radical (unpaired) electrons. The predicted octanol–water partition coefficient (Wildman–Crippen LogP) is -0.419. The molecule has 0 saturated carbocycles. The minimum Gasteiger partial charge on any atom is -0.496 e. The average molecular weight is 180 g/mol. The third-order valence-corrected chi connectivity index (χ3v) is 2.81. The van der Waals surface area contributed by atoms with E-state index in [0.717, 1.165) is 14.6 Å². The number of nitrogens with two attached hydrogens (primary N) is 1. The highest BCUT2D eigenvalue weighted by Crippen LogP contribution is 1.99. The normalized spacial score (nSPS) is 13.7. The van der Waals surface area contributed by atoms with Gasteiger partial charge in [0.2, 0.25) is 0 Å². The molecule has 1 aromatic heterocycles. The first-order chi connectivity index (χ1) is 5.77. The van der Waals surface area contributed by atoms with Crippen LogP contribution in [0.3, 0.4) is 0 Å². The first kappa shape index (κ1) is 7.36. The number of fused-ring (bicyclic) bond motifs is 1. The van der Waals surface area contributed by atoms with E-state index in [1.807, 2.05) is 12.1 Å². The molecule has 0 spiro atoms. The summed E-state index contributed by atoms with van der Waals surface area (Å²) in [6.45, 7) is 0.616. The summed E-state index contributed by atoms with van der Waals surface area (Å²) in [4.78, 5) is 0.804. The molecule has 1 aliphatic heterocycles. The molecule has 0 unspecified atom stereocenters. The van der Waals surface area contributed by atoms with E-state index in [0.29, 0.717) is 6.61 Å². The van der Waals surface area contributed by atoms with Crippen molar-refractivity contribution in [1.82, 2.24) is 0 Å². The molecule has 2 heterocycles.